The summed E-state index contributed by atoms with van der Waals surface area (Å²) < 4.78 is 0. The fourth-order valence-corrected chi connectivity index (χ4v) is 5.15. The first-order chi connectivity index (χ1) is 13.6. The van der Waals surface area contributed by atoms with Crippen LogP contribution in [0.25, 0.3) is 17.2 Å². The Kier molecular flexibility index (Phi) is 5.13. The number of aromatic nitrogens is 1. The number of carbonyl (C=O) groups is 1. The fourth-order valence-electron chi connectivity index (χ4n) is 5.15. The van der Waals surface area contributed by atoms with Crippen molar-refractivity contribution in [3.05, 3.63) is 59.9 Å². The van der Waals surface area contributed by atoms with Gasteiger partial charge in [-0.15, -0.1) is 0 Å². The van der Waals surface area contributed by atoms with E-state index >= 15 is 0 Å². The lowest BCUT2D eigenvalue weighted by Gasteiger charge is -2.41. The fraction of sp³-hybridized carbons (Fsp3) is 0.400. The second-order valence-corrected chi connectivity index (χ2v) is 8.51. The van der Waals surface area contributed by atoms with Gasteiger partial charge in [0, 0.05) is 30.2 Å². The van der Waals surface area contributed by atoms with Crippen LogP contribution in [0.1, 0.15) is 44.4 Å². The molecule has 0 saturated heterocycles. The molecule has 1 heterocycles. The summed E-state index contributed by atoms with van der Waals surface area (Å²) >= 11 is 0. The molecule has 3 nitrogen and oxygen atoms in total. The number of carbonyl (C=O) groups excluding carboxylic acids is 1. The van der Waals surface area contributed by atoms with Gasteiger partial charge in [-0.05, 0) is 54.2 Å². The van der Waals surface area contributed by atoms with Crippen molar-refractivity contribution < 1.29 is 4.79 Å². The van der Waals surface area contributed by atoms with Gasteiger partial charge in [0.05, 0.1) is 17.3 Å². The summed E-state index contributed by atoms with van der Waals surface area (Å²) in [6.07, 6.45) is 8.95. The largest absolute Gasteiger partial charge is 0.300 e. The van der Waals surface area contributed by atoms with Crippen LogP contribution in [0.2, 0.25) is 0 Å². The Hall–Kier alpha value is -2.73. The van der Waals surface area contributed by atoms with Crippen LogP contribution in [0.3, 0.4) is 0 Å². The molecule has 5 atom stereocenters. The van der Waals surface area contributed by atoms with Gasteiger partial charge in [-0.1, -0.05) is 44.2 Å². The molecular weight excluding hydrogens is 344 g/mol. The molecule has 2 saturated carbocycles. The number of nitrogens with zero attached hydrogens (tertiary/aromatic N) is 2. The first-order valence-electron chi connectivity index (χ1n) is 10.2. The molecule has 2 fully saturated rings. The van der Waals surface area contributed by atoms with E-state index in [2.05, 4.69) is 37.1 Å². The van der Waals surface area contributed by atoms with Crippen molar-refractivity contribution in [2.45, 2.75) is 33.1 Å². The van der Waals surface area contributed by atoms with Gasteiger partial charge in [0.2, 0.25) is 0 Å². The predicted molar refractivity (Wildman–Crippen MR) is 111 cm³/mol. The van der Waals surface area contributed by atoms with Gasteiger partial charge in [0.25, 0.3) is 0 Å². The summed E-state index contributed by atoms with van der Waals surface area (Å²) in [6, 6.07) is 13.9. The minimum absolute atomic E-state index is 0.438. The van der Waals surface area contributed by atoms with Gasteiger partial charge in [0.15, 0.2) is 0 Å². The zero-order valence-electron chi connectivity index (χ0n) is 16.5. The van der Waals surface area contributed by atoms with Crippen LogP contribution in [-0.2, 0) is 4.79 Å². The van der Waals surface area contributed by atoms with E-state index in [9.17, 15) is 10.1 Å². The molecule has 2 aromatic rings. The number of hydrogen-bond acceptors (Lipinski definition) is 3. The van der Waals surface area contributed by atoms with Gasteiger partial charge in [-0.3, -0.25) is 9.78 Å². The van der Waals surface area contributed by atoms with E-state index in [0.29, 0.717) is 40.9 Å². The van der Waals surface area contributed by atoms with E-state index in [0.717, 1.165) is 29.7 Å². The van der Waals surface area contributed by atoms with E-state index < -0.39 is 0 Å². The zero-order valence-corrected chi connectivity index (χ0v) is 16.5. The molecule has 28 heavy (non-hydrogen) atoms. The number of Topliss-reactive ketones (excluding diaryl/α,β-unsaturated/α-hetero) is 1. The van der Waals surface area contributed by atoms with Crippen LogP contribution < -0.4 is 0 Å². The lowest BCUT2D eigenvalue weighted by atomic mass is 9.64. The highest BCUT2D eigenvalue weighted by molar-refractivity contribution is 5.81. The molecule has 3 heteroatoms. The van der Waals surface area contributed by atoms with Crippen molar-refractivity contribution >= 4 is 11.9 Å². The number of rotatable bonds is 3. The zero-order chi connectivity index (χ0) is 19.7. The average molecular weight is 370 g/mol. The van der Waals surface area contributed by atoms with Crippen LogP contribution in [0, 0.1) is 40.9 Å². The molecular formula is C25H26N2O. The first-order valence-corrected chi connectivity index (χ1v) is 10.2. The molecule has 0 radical (unpaired) electrons. The highest BCUT2D eigenvalue weighted by atomic mass is 16.1. The lowest BCUT2D eigenvalue weighted by Crippen LogP contribution is -2.34. The Labute approximate surface area is 167 Å². The molecule has 2 aliphatic rings. The molecule has 0 unspecified atom stereocenters. The third kappa shape index (κ3) is 3.52. The van der Waals surface area contributed by atoms with Gasteiger partial charge < -0.3 is 0 Å². The topological polar surface area (TPSA) is 53.8 Å². The quantitative estimate of drug-likeness (QED) is 0.715. The van der Waals surface area contributed by atoms with Gasteiger partial charge in [-0.2, -0.15) is 5.26 Å². The summed E-state index contributed by atoms with van der Waals surface area (Å²) in [6.45, 7) is 4.65. The average Bonchev–Trinajstić information content (AvgIpc) is 3.08. The summed E-state index contributed by atoms with van der Waals surface area (Å²) in [4.78, 5) is 16.6. The molecule has 2 aliphatic carbocycles. The monoisotopic (exact) mass is 370 g/mol. The number of ketones is 1. The Morgan fingerprint density at radius 2 is 1.96 bits per heavy atom. The maximum atomic E-state index is 12.0. The summed E-state index contributed by atoms with van der Waals surface area (Å²) in [5.74, 6) is 3.18. The molecule has 0 amide bonds. The predicted octanol–water partition coefficient (Wildman–Crippen LogP) is 5.52. The summed E-state index contributed by atoms with van der Waals surface area (Å²) in [5.41, 5.74) is 3.45. The van der Waals surface area contributed by atoms with E-state index in [1.165, 1.54) is 6.42 Å². The minimum atomic E-state index is 0.438. The highest BCUT2D eigenvalue weighted by Gasteiger charge is 2.44. The summed E-state index contributed by atoms with van der Waals surface area (Å²) in [7, 11) is 0. The van der Waals surface area contributed by atoms with Crippen molar-refractivity contribution in [3.63, 3.8) is 0 Å². The lowest BCUT2D eigenvalue weighted by molar-refractivity contribution is -0.117. The third-order valence-electron chi connectivity index (χ3n) is 6.87. The maximum Gasteiger partial charge on any atom is 0.133 e. The highest BCUT2D eigenvalue weighted by Crippen LogP contribution is 2.49. The second-order valence-electron chi connectivity index (χ2n) is 8.51. The van der Waals surface area contributed by atoms with Crippen LogP contribution in [-0.4, -0.2) is 10.8 Å². The molecule has 0 N–H and O–H groups in total. The van der Waals surface area contributed by atoms with Gasteiger partial charge in [0.1, 0.15) is 5.78 Å². The summed E-state index contributed by atoms with van der Waals surface area (Å²) in [5, 5.41) is 9.30. The molecule has 0 spiro atoms. The second kappa shape index (κ2) is 7.72. The molecule has 142 valence electrons. The van der Waals surface area contributed by atoms with Crippen LogP contribution >= 0.6 is 0 Å². The number of nitriles is 1. The van der Waals surface area contributed by atoms with Crippen LogP contribution in [0.5, 0.6) is 0 Å². The van der Waals surface area contributed by atoms with Crippen LogP contribution in [0.4, 0.5) is 0 Å². The number of pyridine rings is 1. The standard InChI is InChI=1S/C25H26N2O/c1-16-11-20-12-22(28)13-25(20)23(17(16)2)10-9-21-8-7-19(15-27-21)24-6-4-3-5-18(24)14-26/h3-10,15-17,20,23,25H,11-13H2,1-2H3/b10-9+/t16-,17+,20-,23-,25+/m0/s1. The minimum Gasteiger partial charge on any atom is -0.300 e. The normalized spacial score (nSPS) is 29.6. The first kappa shape index (κ1) is 18.6. The van der Waals surface area contributed by atoms with Gasteiger partial charge in [-0.25, -0.2) is 0 Å². The Morgan fingerprint density at radius 3 is 2.71 bits per heavy atom. The van der Waals surface area contributed by atoms with Crippen LogP contribution in [0.15, 0.2) is 48.7 Å². The number of allylic oxidation sites excluding steroid dienone is 1. The molecule has 0 aliphatic heterocycles. The SMILES string of the molecule is C[C@H]1[C@H](/C=C/c2ccc(-c3ccccc3C#N)cn2)[C@@H]2CC(=O)C[C@@H]2C[C@@H]1C. The third-order valence-corrected chi connectivity index (χ3v) is 6.87. The van der Waals surface area contributed by atoms with Crippen molar-refractivity contribution in [3.8, 4) is 17.2 Å². The van der Waals surface area contributed by atoms with E-state index in [4.69, 9.17) is 0 Å². The Bertz CT molecular complexity index is 938. The van der Waals surface area contributed by atoms with Crippen molar-refractivity contribution in [1.29, 1.82) is 5.26 Å². The van der Waals surface area contributed by atoms with Gasteiger partial charge >= 0.3 is 0 Å². The van der Waals surface area contributed by atoms with E-state index in [1.54, 1.807) is 0 Å². The molecule has 1 aromatic heterocycles. The van der Waals surface area contributed by atoms with E-state index in [-0.39, 0.29) is 0 Å². The van der Waals surface area contributed by atoms with Crippen molar-refractivity contribution in [2.75, 3.05) is 0 Å². The number of fused-ring (bicyclic) bond motifs is 1. The van der Waals surface area contributed by atoms with Crippen molar-refractivity contribution in [2.24, 2.45) is 29.6 Å². The molecule has 1 aromatic carbocycles. The Balaban J connectivity index is 1.54. The smallest absolute Gasteiger partial charge is 0.133 e. The number of benzene rings is 1. The van der Waals surface area contributed by atoms with E-state index in [1.807, 2.05) is 42.6 Å². The number of hydrogen-bond donors (Lipinski definition) is 0. The maximum absolute atomic E-state index is 12.0. The molecule has 0 bridgehead atoms. The molecule has 4 rings (SSSR count). The van der Waals surface area contributed by atoms with Crippen molar-refractivity contribution in [1.82, 2.24) is 4.98 Å². The Morgan fingerprint density at radius 1 is 1.14 bits per heavy atom.